The van der Waals surface area contributed by atoms with Crippen LogP contribution in [0.25, 0.3) is 11.3 Å². The zero-order valence-corrected chi connectivity index (χ0v) is 12.1. The van der Waals surface area contributed by atoms with E-state index >= 15 is 0 Å². The normalized spacial score (nSPS) is 12.6. The smallest absolute Gasteiger partial charge is 0.0682 e. The predicted molar refractivity (Wildman–Crippen MR) is 80.2 cm³/mol. The summed E-state index contributed by atoms with van der Waals surface area (Å²) >= 11 is 0. The Bertz CT molecular complexity index is 499. The van der Waals surface area contributed by atoms with Gasteiger partial charge in [-0.1, -0.05) is 31.2 Å². The van der Waals surface area contributed by atoms with Crippen LogP contribution >= 0.6 is 0 Å². The molecule has 0 amide bonds. The second-order valence-corrected chi connectivity index (χ2v) is 4.89. The first-order valence-corrected chi connectivity index (χ1v) is 7.09. The van der Waals surface area contributed by atoms with Crippen molar-refractivity contribution in [3.8, 4) is 11.3 Å². The molecule has 0 bridgehead atoms. The summed E-state index contributed by atoms with van der Waals surface area (Å²) in [6.45, 7) is 8.41. The van der Waals surface area contributed by atoms with Gasteiger partial charge in [0.05, 0.1) is 5.69 Å². The first kappa shape index (κ1) is 13.8. The van der Waals surface area contributed by atoms with E-state index in [1.54, 1.807) is 0 Å². The fraction of sp³-hybridized carbons (Fsp3) is 0.438. The summed E-state index contributed by atoms with van der Waals surface area (Å²) in [6, 6.07) is 11.4. The van der Waals surface area contributed by atoms with Crippen LogP contribution in [0.2, 0.25) is 0 Å². The van der Waals surface area contributed by atoms with Gasteiger partial charge in [0, 0.05) is 18.8 Å². The van der Waals surface area contributed by atoms with Gasteiger partial charge in [0.2, 0.25) is 0 Å². The van der Waals surface area contributed by atoms with Gasteiger partial charge in [0.1, 0.15) is 0 Å². The Morgan fingerprint density at radius 3 is 2.53 bits per heavy atom. The third kappa shape index (κ3) is 3.44. The molecule has 0 saturated carbocycles. The molecule has 0 aliphatic carbocycles. The fourth-order valence-electron chi connectivity index (χ4n) is 2.42. The molecule has 0 fully saturated rings. The molecular formula is C16H23N3. The van der Waals surface area contributed by atoms with Gasteiger partial charge in [0.15, 0.2) is 0 Å². The van der Waals surface area contributed by atoms with E-state index in [1.165, 1.54) is 16.8 Å². The zero-order chi connectivity index (χ0) is 13.7. The number of likely N-dealkylation sites (N-methyl/N-ethyl adjacent to an activating group) is 1. The van der Waals surface area contributed by atoms with E-state index in [9.17, 15) is 0 Å². The number of rotatable bonds is 6. The molecule has 0 radical (unpaired) electrons. The molecule has 2 aromatic rings. The van der Waals surface area contributed by atoms with Crippen LogP contribution in [0.15, 0.2) is 36.5 Å². The van der Waals surface area contributed by atoms with Crippen molar-refractivity contribution < 1.29 is 0 Å². The minimum absolute atomic E-state index is 0.525. The van der Waals surface area contributed by atoms with Crippen LogP contribution in [-0.4, -0.2) is 22.4 Å². The van der Waals surface area contributed by atoms with Crippen LogP contribution in [0.3, 0.4) is 0 Å². The molecule has 1 N–H and O–H groups in total. The van der Waals surface area contributed by atoms with Gasteiger partial charge in [0.25, 0.3) is 0 Å². The van der Waals surface area contributed by atoms with Gasteiger partial charge in [-0.3, -0.25) is 4.68 Å². The minimum Gasteiger partial charge on any atom is -0.314 e. The van der Waals surface area contributed by atoms with E-state index in [0.717, 1.165) is 19.5 Å². The second-order valence-electron chi connectivity index (χ2n) is 4.89. The predicted octanol–water partition coefficient (Wildman–Crippen LogP) is 3.11. The van der Waals surface area contributed by atoms with Gasteiger partial charge in [-0.05, 0) is 44.0 Å². The minimum atomic E-state index is 0.525. The van der Waals surface area contributed by atoms with Crippen molar-refractivity contribution in [2.75, 3.05) is 6.54 Å². The summed E-state index contributed by atoms with van der Waals surface area (Å²) in [5.74, 6) is 0. The van der Waals surface area contributed by atoms with Crippen LogP contribution < -0.4 is 5.32 Å². The molecule has 1 heterocycles. The maximum atomic E-state index is 4.31. The van der Waals surface area contributed by atoms with Gasteiger partial charge in [-0.25, -0.2) is 0 Å². The van der Waals surface area contributed by atoms with Crippen molar-refractivity contribution >= 4 is 0 Å². The first-order valence-electron chi connectivity index (χ1n) is 7.09. The van der Waals surface area contributed by atoms with Gasteiger partial charge >= 0.3 is 0 Å². The molecule has 0 aliphatic rings. The number of hydrogen-bond acceptors (Lipinski definition) is 2. The first-order chi connectivity index (χ1) is 9.24. The highest BCUT2D eigenvalue weighted by atomic mass is 15.3. The van der Waals surface area contributed by atoms with Gasteiger partial charge in [-0.15, -0.1) is 0 Å². The lowest BCUT2D eigenvalue weighted by Crippen LogP contribution is -2.27. The molecule has 3 nitrogen and oxygen atoms in total. The number of aromatic nitrogens is 2. The summed E-state index contributed by atoms with van der Waals surface area (Å²) in [7, 11) is 0. The monoisotopic (exact) mass is 257 g/mol. The van der Waals surface area contributed by atoms with Crippen LogP contribution in [0.5, 0.6) is 0 Å². The van der Waals surface area contributed by atoms with E-state index in [2.05, 4.69) is 61.5 Å². The molecule has 1 aromatic heterocycles. The lowest BCUT2D eigenvalue weighted by Gasteiger charge is -2.12. The Kier molecular flexibility index (Phi) is 4.74. The summed E-state index contributed by atoms with van der Waals surface area (Å²) in [5.41, 5.74) is 3.80. The largest absolute Gasteiger partial charge is 0.314 e. The molecular weight excluding hydrogens is 234 g/mol. The van der Waals surface area contributed by atoms with Gasteiger partial charge in [-0.2, -0.15) is 5.10 Å². The van der Waals surface area contributed by atoms with E-state index in [0.29, 0.717) is 6.04 Å². The quantitative estimate of drug-likeness (QED) is 0.861. The Labute approximate surface area is 115 Å². The molecule has 1 aromatic carbocycles. The maximum Gasteiger partial charge on any atom is 0.0682 e. The SMILES string of the molecule is CCNC(C)Cc1ccc(-c2ccnn2CC)cc1. The van der Waals surface area contributed by atoms with Crippen LogP contribution in [-0.2, 0) is 13.0 Å². The number of nitrogens with one attached hydrogen (secondary N) is 1. The third-order valence-corrected chi connectivity index (χ3v) is 3.36. The lowest BCUT2D eigenvalue weighted by molar-refractivity contribution is 0.565. The Hall–Kier alpha value is -1.61. The molecule has 0 saturated heterocycles. The van der Waals surface area contributed by atoms with Crippen molar-refractivity contribution in [2.24, 2.45) is 0 Å². The average Bonchev–Trinajstić information content (AvgIpc) is 2.88. The highest BCUT2D eigenvalue weighted by Crippen LogP contribution is 2.19. The topological polar surface area (TPSA) is 29.9 Å². The maximum absolute atomic E-state index is 4.31. The number of nitrogens with zero attached hydrogens (tertiary/aromatic N) is 2. The van der Waals surface area contributed by atoms with Crippen molar-refractivity contribution in [2.45, 2.75) is 39.8 Å². The van der Waals surface area contributed by atoms with E-state index in [1.807, 2.05) is 10.9 Å². The van der Waals surface area contributed by atoms with Crippen LogP contribution in [0.1, 0.15) is 26.3 Å². The van der Waals surface area contributed by atoms with Crippen molar-refractivity contribution in [3.63, 3.8) is 0 Å². The Balaban J connectivity index is 2.10. The van der Waals surface area contributed by atoms with E-state index in [-0.39, 0.29) is 0 Å². The van der Waals surface area contributed by atoms with Crippen molar-refractivity contribution in [1.82, 2.24) is 15.1 Å². The third-order valence-electron chi connectivity index (χ3n) is 3.36. The number of benzene rings is 1. The molecule has 19 heavy (non-hydrogen) atoms. The summed E-state index contributed by atoms with van der Waals surface area (Å²) in [6.07, 6.45) is 2.93. The highest BCUT2D eigenvalue weighted by Gasteiger charge is 2.05. The van der Waals surface area contributed by atoms with Gasteiger partial charge < -0.3 is 5.32 Å². The number of aryl methyl sites for hydroxylation is 1. The van der Waals surface area contributed by atoms with Crippen molar-refractivity contribution in [3.05, 3.63) is 42.1 Å². The molecule has 3 heteroatoms. The summed E-state index contributed by atoms with van der Waals surface area (Å²) in [4.78, 5) is 0. The molecule has 102 valence electrons. The van der Waals surface area contributed by atoms with Crippen molar-refractivity contribution in [1.29, 1.82) is 0 Å². The fourth-order valence-corrected chi connectivity index (χ4v) is 2.42. The zero-order valence-electron chi connectivity index (χ0n) is 12.1. The average molecular weight is 257 g/mol. The second kappa shape index (κ2) is 6.53. The highest BCUT2D eigenvalue weighted by molar-refractivity contribution is 5.59. The lowest BCUT2D eigenvalue weighted by atomic mass is 10.0. The van der Waals surface area contributed by atoms with E-state index in [4.69, 9.17) is 0 Å². The Morgan fingerprint density at radius 2 is 1.89 bits per heavy atom. The number of hydrogen-bond donors (Lipinski definition) is 1. The van der Waals surface area contributed by atoms with Crippen LogP contribution in [0.4, 0.5) is 0 Å². The molecule has 0 spiro atoms. The van der Waals surface area contributed by atoms with Crippen LogP contribution in [0, 0.1) is 0 Å². The standard InChI is InChI=1S/C16H23N3/c1-4-17-13(3)12-14-6-8-15(9-7-14)16-10-11-18-19(16)5-2/h6-11,13,17H,4-5,12H2,1-3H3. The van der Waals surface area contributed by atoms with E-state index < -0.39 is 0 Å². The summed E-state index contributed by atoms with van der Waals surface area (Å²) in [5, 5.41) is 7.75. The molecule has 1 unspecified atom stereocenters. The Morgan fingerprint density at radius 1 is 1.16 bits per heavy atom. The molecule has 2 rings (SSSR count). The molecule has 0 aliphatic heterocycles. The summed E-state index contributed by atoms with van der Waals surface area (Å²) < 4.78 is 2.02. The molecule has 1 atom stereocenters.